The number of piperazine rings is 1. The fraction of sp³-hybridized carbons (Fsp3) is 0.571. The van der Waals surface area contributed by atoms with Crippen LogP contribution in [0.5, 0.6) is 17.2 Å². The molecule has 0 atom stereocenters. The molecule has 0 radical (unpaired) electrons. The van der Waals surface area contributed by atoms with E-state index in [1.54, 1.807) is 21.3 Å². The number of halogens is 2. The largest absolute Gasteiger partial charge is 0.493 e. The highest BCUT2D eigenvalue weighted by molar-refractivity contribution is 5.85. The van der Waals surface area contributed by atoms with E-state index in [0.29, 0.717) is 11.5 Å². The van der Waals surface area contributed by atoms with E-state index < -0.39 is 0 Å². The van der Waals surface area contributed by atoms with E-state index >= 15 is 0 Å². The molecule has 2 rings (SSSR count). The van der Waals surface area contributed by atoms with Crippen molar-refractivity contribution in [2.45, 2.75) is 6.54 Å². The highest BCUT2D eigenvalue weighted by Gasteiger charge is 2.18. The van der Waals surface area contributed by atoms with E-state index in [9.17, 15) is 0 Å². The average molecular weight is 339 g/mol. The summed E-state index contributed by atoms with van der Waals surface area (Å²) in [5, 5.41) is 3.35. The molecule has 0 unspecified atom stereocenters. The molecule has 122 valence electrons. The molecule has 1 aromatic carbocycles. The lowest BCUT2D eigenvalue weighted by Crippen LogP contribution is -2.42. The van der Waals surface area contributed by atoms with E-state index in [1.165, 1.54) is 0 Å². The summed E-state index contributed by atoms with van der Waals surface area (Å²) in [6.45, 7) is 5.05. The third kappa shape index (κ3) is 4.81. The Kier molecular flexibility index (Phi) is 9.53. The first-order valence-electron chi connectivity index (χ1n) is 6.51. The topological polar surface area (TPSA) is 43.0 Å². The van der Waals surface area contributed by atoms with E-state index in [0.717, 1.165) is 44.0 Å². The van der Waals surface area contributed by atoms with Gasteiger partial charge in [-0.1, -0.05) is 6.07 Å². The van der Waals surface area contributed by atoms with Gasteiger partial charge in [0, 0.05) is 38.3 Å². The molecule has 0 amide bonds. The Morgan fingerprint density at radius 3 is 2.10 bits per heavy atom. The van der Waals surface area contributed by atoms with Crippen molar-refractivity contribution in [1.29, 1.82) is 0 Å². The number of benzene rings is 1. The maximum Gasteiger partial charge on any atom is 0.203 e. The quantitative estimate of drug-likeness (QED) is 0.888. The zero-order valence-electron chi connectivity index (χ0n) is 12.7. The third-order valence-electron chi connectivity index (χ3n) is 3.39. The average Bonchev–Trinajstić information content (AvgIpc) is 2.47. The molecule has 21 heavy (non-hydrogen) atoms. The number of methoxy groups -OCH3 is 3. The molecule has 0 saturated carbocycles. The van der Waals surface area contributed by atoms with Crippen molar-refractivity contribution in [1.82, 2.24) is 10.2 Å². The van der Waals surface area contributed by atoms with Gasteiger partial charge >= 0.3 is 0 Å². The van der Waals surface area contributed by atoms with Gasteiger partial charge in [-0.3, -0.25) is 4.90 Å². The molecule has 1 aliphatic heterocycles. The Morgan fingerprint density at radius 1 is 0.952 bits per heavy atom. The number of nitrogens with one attached hydrogen (secondary N) is 1. The maximum atomic E-state index is 5.50. The molecule has 1 aromatic rings. The van der Waals surface area contributed by atoms with Crippen LogP contribution in [0.3, 0.4) is 0 Å². The first-order valence-corrected chi connectivity index (χ1v) is 6.51. The van der Waals surface area contributed by atoms with Crippen LogP contribution in [0.1, 0.15) is 5.56 Å². The molecule has 1 aliphatic rings. The van der Waals surface area contributed by atoms with Gasteiger partial charge in [0.05, 0.1) is 21.3 Å². The van der Waals surface area contributed by atoms with Crippen molar-refractivity contribution in [3.05, 3.63) is 17.7 Å². The van der Waals surface area contributed by atoms with Crippen LogP contribution in [-0.4, -0.2) is 52.4 Å². The smallest absolute Gasteiger partial charge is 0.203 e. The normalized spacial score (nSPS) is 14.6. The van der Waals surface area contributed by atoms with Gasteiger partial charge in [0.15, 0.2) is 11.5 Å². The Bertz CT molecular complexity index is 427. The van der Waals surface area contributed by atoms with Crippen LogP contribution in [0, 0.1) is 0 Å². The molecule has 1 saturated heterocycles. The van der Waals surface area contributed by atoms with Crippen LogP contribution in [0.15, 0.2) is 12.1 Å². The second-order valence-corrected chi connectivity index (χ2v) is 4.52. The summed E-state index contributed by atoms with van der Waals surface area (Å²) in [6, 6.07) is 3.97. The van der Waals surface area contributed by atoms with Crippen molar-refractivity contribution in [2.24, 2.45) is 0 Å². The first kappa shape index (κ1) is 20.1. The molecule has 1 heterocycles. The molecule has 7 heteroatoms. The fourth-order valence-electron chi connectivity index (χ4n) is 2.40. The predicted octanol–water partition coefficient (Wildman–Crippen LogP) is 1.96. The lowest BCUT2D eigenvalue weighted by atomic mass is 10.1. The van der Waals surface area contributed by atoms with Gasteiger partial charge in [0.1, 0.15) is 0 Å². The third-order valence-corrected chi connectivity index (χ3v) is 3.39. The van der Waals surface area contributed by atoms with Crippen molar-refractivity contribution in [3.63, 3.8) is 0 Å². The number of hydrogen-bond donors (Lipinski definition) is 1. The Morgan fingerprint density at radius 2 is 1.57 bits per heavy atom. The highest BCUT2D eigenvalue weighted by Crippen LogP contribution is 2.40. The van der Waals surface area contributed by atoms with Crippen LogP contribution < -0.4 is 19.5 Å². The summed E-state index contributed by atoms with van der Waals surface area (Å²) >= 11 is 0. The van der Waals surface area contributed by atoms with Gasteiger partial charge in [0.25, 0.3) is 0 Å². The second-order valence-electron chi connectivity index (χ2n) is 4.52. The van der Waals surface area contributed by atoms with Crippen LogP contribution in [-0.2, 0) is 6.54 Å². The van der Waals surface area contributed by atoms with Gasteiger partial charge in [-0.25, -0.2) is 0 Å². The van der Waals surface area contributed by atoms with Gasteiger partial charge in [0.2, 0.25) is 5.75 Å². The van der Waals surface area contributed by atoms with Gasteiger partial charge in [-0.05, 0) is 6.07 Å². The molecule has 0 bridgehead atoms. The maximum absolute atomic E-state index is 5.50. The van der Waals surface area contributed by atoms with Gasteiger partial charge in [-0.2, -0.15) is 0 Å². The van der Waals surface area contributed by atoms with E-state index in [4.69, 9.17) is 14.2 Å². The van der Waals surface area contributed by atoms with Crippen molar-refractivity contribution in [3.8, 4) is 17.2 Å². The fourth-order valence-corrected chi connectivity index (χ4v) is 2.40. The minimum Gasteiger partial charge on any atom is -0.493 e. The van der Waals surface area contributed by atoms with Crippen LogP contribution in [0.4, 0.5) is 0 Å². The van der Waals surface area contributed by atoms with E-state index in [1.807, 2.05) is 12.1 Å². The summed E-state index contributed by atoms with van der Waals surface area (Å²) in [4.78, 5) is 2.40. The molecule has 0 aromatic heterocycles. The molecular weight excluding hydrogens is 315 g/mol. The van der Waals surface area contributed by atoms with Crippen molar-refractivity contribution in [2.75, 3.05) is 47.5 Å². The molecule has 5 nitrogen and oxygen atoms in total. The lowest BCUT2D eigenvalue weighted by Gasteiger charge is -2.28. The van der Waals surface area contributed by atoms with Crippen molar-refractivity contribution >= 4 is 24.8 Å². The summed E-state index contributed by atoms with van der Waals surface area (Å²) in [6.07, 6.45) is 0. The van der Waals surface area contributed by atoms with E-state index in [2.05, 4.69) is 10.2 Å². The number of nitrogens with zero attached hydrogens (tertiary/aromatic N) is 1. The van der Waals surface area contributed by atoms with Gasteiger partial charge < -0.3 is 19.5 Å². The number of ether oxygens (including phenoxy) is 3. The summed E-state index contributed by atoms with van der Waals surface area (Å²) in [5.41, 5.74) is 1.13. The first-order chi connectivity index (χ1) is 9.30. The molecular formula is C14H24Cl2N2O3. The number of hydrogen-bond acceptors (Lipinski definition) is 5. The number of rotatable bonds is 5. The van der Waals surface area contributed by atoms with Crippen LogP contribution >= 0.6 is 24.8 Å². The molecule has 0 spiro atoms. The predicted molar refractivity (Wildman–Crippen MR) is 88.7 cm³/mol. The highest BCUT2D eigenvalue weighted by atomic mass is 35.5. The molecule has 1 N–H and O–H groups in total. The second kappa shape index (κ2) is 9.95. The van der Waals surface area contributed by atoms with E-state index in [-0.39, 0.29) is 24.8 Å². The zero-order chi connectivity index (χ0) is 13.7. The summed E-state index contributed by atoms with van der Waals surface area (Å²) in [5.74, 6) is 2.13. The zero-order valence-corrected chi connectivity index (χ0v) is 14.3. The van der Waals surface area contributed by atoms with Gasteiger partial charge in [-0.15, -0.1) is 24.8 Å². The Labute approximate surface area is 138 Å². The van der Waals surface area contributed by atoms with Crippen molar-refractivity contribution < 1.29 is 14.2 Å². The summed E-state index contributed by atoms with van der Waals surface area (Å²) < 4.78 is 16.2. The Hall–Kier alpha value is -0.880. The lowest BCUT2D eigenvalue weighted by molar-refractivity contribution is 0.228. The van der Waals surface area contributed by atoms with Crippen LogP contribution in [0.25, 0.3) is 0 Å². The Balaban J connectivity index is 0.00000200. The minimum atomic E-state index is 0. The standard InChI is InChI=1S/C14H22N2O3.2ClH/c1-17-12-5-4-11(13(18-2)14(12)19-3)10-16-8-6-15-7-9-16;;/h4-5,15H,6-10H2,1-3H3;2*1H. The minimum absolute atomic E-state index is 0. The SMILES string of the molecule is COc1ccc(CN2CCNCC2)c(OC)c1OC.Cl.Cl. The van der Waals surface area contributed by atoms with Crippen LogP contribution in [0.2, 0.25) is 0 Å². The summed E-state index contributed by atoms with van der Waals surface area (Å²) in [7, 11) is 4.93. The monoisotopic (exact) mass is 338 g/mol. The molecule has 0 aliphatic carbocycles. The molecule has 1 fully saturated rings.